The predicted octanol–water partition coefficient (Wildman–Crippen LogP) is 2.64. The summed E-state index contributed by atoms with van der Waals surface area (Å²) in [6, 6.07) is 7.37. The molecule has 1 aromatic carbocycles. The highest BCUT2D eigenvalue weighted by Crippen LogP contribution is 2.26. The summed E-state index contributed by atoms with van der Waals surface area (Å²) < 4.78 is 5.62. The van der Waals surface area contributed by atoms with Crippen LogP contribution in [0, 0.1) is 0 Å². The molecule has 0 spiro atoms. The largest absolute Gasteiger partial charge is 0.494 e. The first-order valence-corrected chi connectivity index (χ1v) is 6.91. The molecule has 0 aliphatic heterocycles. The SMILES string of the molecule is CCN(CCCOc1ccc(C(=O)O)cc1)C1CC1. The fraction of sp³-hybridized carbons (Fsp3) is 0.533. The molecule has 104 valence electrons. The molecule has 4 nitrogen and oxygen atoms in total. The molecule has 1 aliphatic carbocycles. The molecule has 4 heteroatoms. The molecule has 2 rings (SSSR count). The van der Waals surface area contributed by atoms with E-state index in [2.05, 4.69) is 11.8 Å². The van der Waals surface area contributed by atoms with Crippen LogP contribution in [-0.4, -0.2) is 41.7 Å². The van der Waals surface area contributed by atoms with Crippen LogP contribution in [-0.2, 0) is 0 Å². The summed E-state index contributed by atoms with van der Waals surface area (Å²) in [5.41, 5.74) is 0.290. The highest BCUT2D eigenvalue weighted by atomic mass is 16.5. The maximum Gasteiger partial charge on any atom is 0.335 e. The van der Waals surface area contributed by atoms with Crippen LogP contribution in [0.5, 0.6) is 5.75 Å². The fourth-order valence-electron chi connectivity index (χ4n) is 2.19. The first kappa shape index (κ1) is 13.9. The number of aromatic carboxylic acids is 1. The van der Waals surface area contributed by atoms with Gasteiger partial charge in [0.05, 0.1) is 12.2 Å². The van der Waals surface area contributed by atoms with Crippen molar-refractivity contribution in [1.82, 2.24) is 4.90 Å². The summed E-state index contributed by atoms with van der Waals surface area (Å²) >= 11 is 0. The van der Waals surface area contributed by atoms with Gasteiger partial charge >= 0.3 is 5.97 Å². The second-order valence-electron chi connectivity index (χ2n) is 4.89. The smallest absolute Gasteiger partial charge is 0.335 e. The normalized spacial score (nSPS) is 14.6. The number of carbonyl (C=O) groups is 1. The van der Waals surface area contributed by atoms with Crippen molar-refractivity contribution in [3.8, 4) is 5.75 Å². The lowest BCUT2D eigenvalue weighted by Crippen LogP contribution is -2.27. The highest BCUT2D eigenvalue weighted by Gasteiger charge is 2.26. The molecular weight excluding hydrogens is 242 g/mol. The number of nitrogens with zero attached hydrogens (tertiary/aromatic N) is 1. The Morgan fingerprint density at radius 1 is 1.37 bits per heavy atom. The second-order valence-corrected chi connectivity index (χ2v) is 4.89. The molecule has 0 amide bonds. The third kappa shape index (κ3) is 4.24. The van der Waals surface area contributed by atoms with Gasteiger partial charge in [-0.1, -0.05) is 6.92 Å². The van der Waals surface area contributed by atoms with Crippen LogP contribution in [0.3, 0.4) is 0 Å². The van der Waals surface area contributed by atoms with Crippen molar-refractivity contribution in [3.05, 3.63) is 29.8 Å². The van der Waals surface area contributed by atoms with Gasteiger partial charge in [-0.3, -0.25) is 0 Å². The number of carboxylic acids is 1. The zero-order chi connectivity index (χ0) is 13.7. The van der Waals surface area contributed by atoms with Crippen molar-refractivity contribution in [2.24, 2.45) is 0 Å². The Morgan fingerprint density at radius 2 is 2.05 bits per heavy atom. The first-order chi connectivity index (χ1) is 9.20. The van der Waals surface area contributed by atoms with Gasteiger partial charge < -0.3 is 14.7 Å². The zero-order valence-electron chi connectivity index (χ0n) is 11.3. The second kappa shape index (κ2) is 6.57. The Balaban J connectivity index is 1.68. The number of benzene rings is 1. The fourth-order valence-corrected chi connectivity index (χ4v) is 2.19. The van der Waals surface area contributed by atoms with Gasteiger partial charge in [0.15, 0.2) is 0 Å². The summed E-state index contributed by atoms with van der Waals surface area (Å²) in [7, 11) is 0. The van der Waals surface area contributed by atoms with E-state index in [0.29, 0.717) is 12.2 Å². The lowest BCUT2D eigenvalue weighted by molar-refractivity contribution is 0.0697. The zero-order valence-corrected chi connectivity index (χ0v) is 11.3. The third-order valence-corrected chi connectivity index (χ3v) is 3.43. The Kier molecular flexibility index (Phi) is 4.80. The van der Waals surface area contributed by atoms with Crippen LogP contribution < -0.4 is 4.74 Å². The molecule has 0 unspecified atom stereocenters. The van der Waals surface area contributed by atoms with Gasteiger partial charge in [-0.05, 0) is 50.1 Å². The van der Waals surface area contributed by atoms with Crippen molar-refractivity contribution in [3.63, 3.8) is 0 Å². The average Bonchev–Trinajstić information content (AvgIpc) is 3.24. The molecule has 1 saturated carbocycles. The minimum Gasteiger partial charge on any atom is -0.494 e. The molecule has 1 aromatic rings. The van der Waals surface area contributed by atoms with Crippen LogP contribution in [0.4, 0.5) is 0 Å². The lowest BCUT2D eigenvalue weighted by atomic mass is 10.2. The first-order valence-electron chi connectivity index (χ1n) is 6.91. The van der Waals surface area contributed by atoms with Crippen molar-refractivity contribution in [2.75, 3.05) is 19.7 Å². The molecule has 19 heavy (non-hydrogen) atoms. The molecule has 1 N–H and O–H groups in total. The average molecular weight is 263 g/mol. The van der Waals surface area contributed by atoms with E-state index in [-0.39, 0.29) is 0 Å². The topological polar surface area (TPSA) is 49.8 Å². The van der Waals surface area contributed by atoms with Gasteiger partial charge in [-0.2, -0.15) is 0 Å². The minimum atomic E-state index is -0.908. The molecular formula is C15H21NO3. The monoisotopic (exact) mass is 263 g/mol. The Bertz CT molecular complexity index is 412. The van der Waals surface area contributed by atoms with Crippen LogP contribution in [0.1, 0.15) is 36.5 Å². The van der Waals surface area contributed by atoms with E-state index >= 15 is 0 Å². The third-order valence-electron chi connectivity index (χ3n) is 3.43. The van der Waals surface area contributed by atoms with Gasteiger partial charge in [-0.25, -0.2) is 4.79 Å². The van der Waals surface area contributed by atoms with Gasteiger partial charge in [0.25, 0.3) is 0 Å². The molecule has 0 heterocycles. The molecule has 0 bridgehead atoms. The van der Waals surface area contributed by atoms with E-state index in [1.165, 1.54) is 12.8 Å². The van der Waals surface area contributed by atoms with Gasteiger partial charge in [0, 0.05) is 12.6 Å². The van der Waals surface area contributed by atoms with Crippen LogP contribution in [0.2, 0.25) is 0 Å². The molecule has 0 aromatic heterocycles. The van der Waals surface area contributed by atoms with E-state index in [9.17, 15) is 4.79 Å². The standard InChI is InChI=1S/C15H21NO3/c1-2-16(13-6-7-13)10-3-11-19-14-8-4-12(5-9-14)15(17)18/h4-5,8-9,13H,2-3,6-7,10-11H2,1H3,(H,17,18). The summed E-state index contributed by atoms with van der Waals surface area (Å²) in [5.74, 6) is -0.172. The van der Waals surface area contributed by atoms with Gasteiger partial charge in [0.2, 0.25) is 0 Å². The quantitative estimate of drug-likeness (QED) is 0.732. The Morgan fingerprint density at radius 3 is 2.58 bits per heavy atom. The Hall–Kier alpha value is -1.55. The van der Waals surface area contributed by atoms with E-state index in [1.54, 1.807) is 24.3 Å². The van der Waals surface area contributed by atoms with Crippen LogP contribution >= 0.6 is 0 Å². The summed E-state index contributed by atoms with van der Waals surface area (Å²) in [6.07, 6.45) is 3.68. The molecule has 1 aliphatic rings. The number of ether oxygens (including phenoxy) is 1. The van der Waals surface area contributed by atoms with E-state index in [0.717, 1.165) is 31.3 Å². The number of hydrogen-bond acceptors (Lipinski definition) is 3. The van der Waals surface area contributed by atoms with Gasteiger partial charge in [-0.15, -0.1) is 0 Å². The highest BCUT2D eigenvalue weighted by molar-refractivity contribution is 5.87. The minimum absolute atomic E-state index is 0.290. The molecule has 0 radical (unpaired) electrons. The van der Waals surface area contributed by atoms with Crippen LogP contribution in [0.25, 0.3) is 0 Å². The van der Waals surface area contributed by atoms with Crippen molar-refractivity contribution < 1.29 is 14.6 Å². The molecule has 1 fully saturated rings. The molecule has 0 saturated heterocycles. The van der Waals surface area contributed by atoms with E-state index < -0.39 is 5.97 Å². The molecule has 0 atom stereocenters. The summed E-state index contributed by atoms with van der Waals surface area (Å²) in [5, 5.41) is 8.79. The number of rotatable bonds is 8. The summed E-state index contributed by atoms with van der Waals surface area (Å²) in [4.78, 5) is 13.2. The predicted molar refractivity (Wildman–Crippen MR) is 73.8 cm³/mol. The van der Waals surface area contributed by atoms with Crippen molar-refractivity contribution in [2.45, 2.75) is 32.2 Å². The number of carboxylic acid groups (broad SMARTS) is 1. The van der Waals surface area contributed by atoms with E-state index in [4.69, 9.17) is 9.84 Å². The lowest BCUT2D eigenvalue weighted by Gasteiger charge is -2.19. The number of hydrogen-bond donors (Lipinski definition) is 1. The van der Waals surface area contributed by atoms with Crippen molar-refractivity contribution in [1.29, 1.82) is 0 Å². The maximum atomic E-state index is 10.7. The van der Waals surface area contributed by atoms with E-state index in [1.807, 2.05) is 0 Å². The summed E-state index contributed by atoms with van der Waals surface area (Å²) in [6.45, 7) is 5.06. The Labute approximate surface area is 114 Å². The van der Waals surface area contributed by atoms with Crippen molar-refractivity contribution >= 4 is 5.97 Å². The van der Waals surface area contributed by atoms with Gasteiger partial charge in [0.1, 0.15) is 5.75 Å². The van der Waals surface area contributed by atoms with Crippen LogP contribution in [0.15, 0.2) is 24.3 Å². The maximum absolute atomic E-state index is 10.7.